The number of amidine groups is 1. The van der Waals surface area contributed by atoms with Crippen LogP contribution in [0.25, 0.3) is 0 Å². The molecule has 1 rings (SSSR count). The molecule has 0 fully saturated rings. The van der Waals surface area contributed by atoms with Gasteiger partial charge in [0.25, 0.3) is 0 Å². The van der Waals surface area contributed by atoms with Crippen molar-refractivity contribution in [3.63, 3.8) is 0 Å². The van der Waals surface area contributed by atoms with E-state index in [1.54, 1.807) is 0 Å². The molecule has 0 spiro atoms. The van der Waals surface area contributed by atoms with Gasteiger partial charge in [0.15, 0.2) is 0 Å². The zero-order valence-corrected chi connectivity index (χ0v) is 9.20. The summed E-state index contributed by atoms with van der Waals surface area (Å²) >= 11 is 0. The Morgan fingerprint density at radius 2 is 1.77 bits per heavy atom. The zero-order valence-electron chi connectivity index (χ0n) is 9.20. The lowest BCUT2D eigenvalue weighted by Crippen LogP contribution is -2.36. The fraction of sp³-hybridized carbons (Fsp3) is 0.700. The van der Waals surface area contributed by atoms with E-state index >= 15 is 0 Å². The maximum absolute atomic E-state index is 4.45. The van der Waals surface area contributed by atoms with Crippen molar-refractivity contribution in [2.75, 3.05) is 7.05 Å². The van der Waals surface area contributed by atoms with Crippen molar-refractivity contribution in [3.05, 3.63) is 12.4 Å². The van der Waals surface area contributed by atoms with Crippen molar-refractivity contribution in [1.29, 1.82) is 0 Å². The van der Waals surface area contributed by atoms with E-state index in [0.717, 1.165) is 11.7 Å². The summed E-state index contributed by atoms with van der Waals surface area (Å²) in [6.45, 7) is 12.6. The maximum atomic E-state index is 4.45. The smallest absolute Gasteiger partial charge is 0.133 e. The summed E-state index contributed by atoms with van der Waals surface area (Å²) in [5.41, 5.74) is 0. The first kappa shape index (κ1) is 10.1. The molecular weight excluding hydrogens is 162 g/mol. The summed E-state index contributed by atoms with van der Waals surface area (Å²) in [7, 11) is 1.94. The highest BCUT2D eigenvalue weighted by Gasteiger charge is 2.28. The molecule has 3 nitrogen and oxygen atoms in total. The van der Waals surface area contributed by atoms with Gasteiger partial charge in [-0.2, -0.15) is 5.10 Å². The topological polar surface area (TPSA) is 18.8 Å². The molecule has 0 aromatic carbocycles. The summed E-state index contributed by atoms with van der Waals surface area (Å²) in [6.07, 6.45) is 0. The van der Waals surface area contributed by atoms with Crippen LogP contribution < -0.4 is 0 Å². The highest BCUT2D eigenvalue weighted by molar-refractivity contribution is 5.87. The molecule has 0 N–H and O–H groups in total. The third-order valence-electron chi connectivity index (χ3n) is 2.18. The fourth-order valence-electron chi connectivity index (χ4n) is 1.50. The van der Waals surface area contributed by atoms with E-state index < -0.39 is 0 Å². The second-order valence-electron chi connectivity index (χ2n) is 4.02. The first-order chi connectivity index (χ1) is 5.95. The van der Waals surface area contributed by atoms with E-state index in [9.17, 15) is 0 Å². The van der Waals surface area contributed by atoms with E-state index in [0.29, 0.717) is 12.0 Å². The van der Waals surface area contributed by atoms with Crippen LogP contribution in [-0.2, 0) is 0 Å². The van der Waals surface area contributed by atoms with Gasteiger partial charge >= 0.3 is 0 Å². The monoisotopic (exact) mass is 181 g/mol. The van der Waals surface area contributed by atoms with Crippen LogP contribution in [0.15, 0.2) is 17.5 Å². The Balaban J connectivity index is 2.93. The van der Waals surface area contributed by atoms with Gasteiger partial charge in [-0.25, -0.2) is 0 Å². The van der Waals surface area contributed by atoms with Gasteiger partial charge < -0.3 is 4.90 Å². The normalized spacial score (nSPS) is 17.8. The molecular formula is C10H19N3. The molecule has 74 valence electrons. The lowest BCUT2D eigenvalue weighted by Gasteiger charge is -2.27. The Bertz CT molecular complexity index is 241. The maximum Gasteiger partial charge on any atom is 0.133 e. The van der Waals surface area contributed by atoms with Crippen LogP contribution in [0.3, 0.4) is 0 Å². The molecule has 0 aromatic heterocycles. The third-order valence-corrected chi connectivity index (χ3v) is 2.18. The summed E-state index contributed by atoms with van der Waals surface area (Å²) in [6, 6.07) is 0.429. The summed E-state index contributed by atoms with van der Waals surface area (Å²) in [4.78, 5) is 2.19. The van der Waals surface area contributed by atoms with Gasteiger partial charge in [0.2, 0.25) is 0 Å². The van der Waals surface area contributed by atoms with Crippen molar-refractivity contribution in [2.45, 2.75) is 33.7 Å². The molecule has 0 bridgehead atoms. The molecule has 1 aliphatic heterocycles. The van der Waals surface area contributed by atoms with Crippen molar-refractivity contribution in [3.8, 4) is 0 Å². The van der Waals surface area contributed by atoms with Crippen LogP contribution in [0.4, 0.5) is 0 Å². The molecule has 0 amide bonds. The number of nitrogens with zero attached hydrogens (tertiary/aromatic N) is 3. The first-order valence-corrected chi connectivity index (χ1v) is 4.75. The van der Waals surface area contributed by atoms with Gasteiger partial charge in [-0.05, 0) is 13.8 Å². The lowest BCUT2D eigenvalue weighted by molar-refractivity contribution is 0.333. The summed E-state index contributed by atoms with van der Waals surface area (Å²) in [5.74, 6) is 2.53. The van der Waals surface area contributed by atoms with Crippen LogP contribution in [0.5, 0.6) is 0 Å². The Labute approximate surface area is 80.7 Å². The van der Waals surface area contributed by atoms with E-state index in [1.165, 1.54) is 0 Å². The highest BCUT2D eigenvalue weighted by atomic mass is 15.6. The average Bonchev–Trinajstić information content (AvgIpc) is 2.28. The van der Waals surface area contributed by atoms with Gasteiger partial charge in [0, 0.05) is 19.0 Å². The van der Waals surface area contributed by atoms with Gasteiger partial charge in [0.05, 0.1) is 0 Å². The zero-order chi connectivity index (χ0) is 10.2. The second kappa shape index (κ2) is 3.40. The molecule has 0 unspecified atom stereocenters. The number of rotatable bonds is 2. The number of hydrazone groups is 1. The molecule has 0 radical (unpaired) electrons. The quantitative estimate of drug-likeness (QED) is 0.649. The summed E-state index contributed by atoms with van der Waals surface area (Å²) < 4.78 is 0. The van der Waals surface area contributed by atoms with Crippen LogP contribution in [0.2, 0.25) is 0 Å². The average molecular weight is 181 g/mol. The predicted molar refractivity (Wildman–Crippen MR) is 56.2 cm³/mol. The van der Waals surface area contributed by atoms with Crippen LogP contribution in [0.1, 0.15) is 27.7 Å². The molecule has 0 aromatic rings. The Kier molecular flexibility index (Phi) is 2.64. The lowest BCUT2D eigenvalue weighted by atomic mass is 10.1. The van der Waals surface area contributed by atoms with Gasteiger partial charge in [-0.1, -0.05) is 20.4 Å². The minimum Gasteiger partial charge on any atom is -0.311 e. The Hall–Kier alpha value is -0.990. The number of hydrogen-bond acceptors (Lipinski definition) is 3. The SMILES string of the molecule is C=C1N(C)N=C(C(C)C)N1C(C)C. The first-order valence-electron chi connectivity index (χ1n) is 4.75. The van der Waals surface area contributed by atoms with E-state index in [4.69, 9.17) is 0 Å². The molecule has 0 saturated heterocycles. The number of hydrogen-bond donors (Lipinski definition) is 0. The second-order valence-corrected chi connectivity index (χ2v) is 4.02. The van der Waals surface area contributed by atoms with Gasteiger partial charge in [-0.15, -0.1) is 0 Å². The van der Waals surface area contributed by atoms with E-state index in [1.807, 2.05) is 12.1 Å². The molecule has 3 heteroatoms. The molecule has 1 aliphatic rings. The Morgan fingerprint density at radius 1 is 1.23 bits per heavy atom. The van der Waals surface area contributed by atoms with E-state index in [2.05, 4.69) is 44.3 Å². The van der Waals surface area contributed by atoms with Crippen molar-refractivity contribution >= 4 is 5.84 Å². The molecule has 1 heterocycles. The Morgan fingerprint density at radius 3 is 2.08 bits per heavy atom. The van der Waals surface area contributed by atoms with Crippen LogP contribution in [-0.4, -0.2) is 28.8 Å². The van der Waals surface area contributed by atoms with Gasteiger partial charge in [-0.3, -0.25) is 5.01 Å². The van der Waals surface area contributed by atoms with Crippen molar-refractivity contribution in [1.82, 2.24) is 9.91 Å². The minimum absolute atomic E-state index is 0.429. The molecule has 13 heavy (non-hydrogen) atoms. The predicted octanol–water partition coefficient (Wildman–Crippen LogP) is 2.08. The minimum atomic E-state index is 0.429. The van der Waals surface area contributed by atoms with Crippen LogP contribution in [0, 0.1) is 5.92 Å². The van der Waals surface area contributed by atoms with Crippen molar-refractivity contribution in [2.24, 2.45) is 11.0 Å². The molecule has 0 atom stereocenters. The van der Waals surface area contributed by atoms with Crippen molar-refractivity contribution < 1.29 is 0 Å². The molecule has 0 aliphatic carbocycles. The van der Waals surface area contributed by atoms with E-state index in [-0.39, 0.29) is 0 Å². The summed E-state index contributed by atoms with van der Waals surface area (Å²) in [5, 5.41) is 6.29. The van der Waals surface area contributed by atoms with Crippen LogP contribution >= 0.6 is 0 Å². The molecule has 0 saturated carbocycles. The largest absolute Gasteiger partial charge is 0.311 e. The highest BCUT2D eigenvalue weighted by Crippen LogP contribution is 2.23. The van der Waals surface area contributed by atoms with Gasteiger partial charge in [0.1, 0.15) is 11.7 Å². The fourth-order valence-corrected chi connectivity index (χ4v) is 1.50. The standard InChI is InChI=1S/C10H19N3/c1-7(2)10-11-12(6)9(5)13(10)8(3)4/h7-8H,5H2,1-4,6H3. The third kappa shape index (κ3) is 1.69.